The SMILES string of the molecule is Cc1cc(C)c(NC(=O)[C@@H](C)n2cnc3nc4c(cc3c2=O)CCCC4)c(C)c1. The van der Waals surface area contributed by atoms with E-state index in [0.717, 1.165) is 59.3 Å². The summed E-state index contributed by atoms with van der Waals surface area (Å²) in [6, 6.07) is 5.30. The van der Waals surface area contributed by atoms with Gasteiger partial charge in [-0.3, -0.25) is 14.2 Å². The van der Waals surface area contributed by atoms with E-state index in [1.807, 2.05) is 39.0 Å². The molecule has 2 aromatic heterocycles. The highest BCUT2D eigenvalue weighted by Gasteiger charge is 2.21. The van der Waals surface area contributed by atoms with Crippen molar-refractivity contribution in [3.05, 3.63) is 62.8 Å². The molecular weight excluding hydrogens is 364 g/mol. The van der Waals surface area contributed by atoms with Crippen LogP contribution < -0.4 is 10.9 Å². The van der Waals surface area contributed by atoms with Crippen LogP contribution in [0.3, 0.4) is 0 Å². The molecule has 0 saturated carbocycles. The fourth-order valence-electron chi connectivity index (χ4n) is 4.19. The van der Waals surface area contributed by atoms with Crippen LogP contribution in [0, 0.1) is 20.8 Å². The number of hydrogen-bond donors (Lipinski definition) is 1. The number of amides is 1. The molecule has 29 heavy (non-hydrogen) atoms. The molecule has 0 fully saturated rings. The second kappa shape index (κ2) is 7.43. The summed E-state index contributed by atoms with van der Waals surface area (Å²) in [7, 11) is 0. The van der Waals surface area contributed by atoms with Crippen LogP contribution in [-0.2, 0) is 17.6 Å². The molecule has 0 saturated heterocycles. The van der Waals surface area contributed by atoms with Crippen molar-refractivity contribution in [1.82, 2.24) is 14.5 Å². The Bertz CT molecular complexity index is 1160. The molecule has 150 valence electrons. The van der Waals surface area contributed by atoms with Crippen molar-refractivity contribution in [2.75, 3.05) is 5.32 Å². The quantitative estimate of drug-likeness (QED) is 0.738. The number of carbonyl (C=O) groups is 1. The minimum Gasteiger partial charge on any atom is -0.324 e. The number of anilines is 1. The largest absolute Gasteiger partial charge is 0.324 e. The number of aromatic nitrogens is 3. The average Bonchev–Trinajstić information content (AvgIpc) is 2.69. The van der Waals surface area contributed by atoms with E-state index < -0.39 is 6.04 Å². The molecule has 0 bridgehead atoms. The first-order valence-electron chi connectivity index (χ1n) is 10.1. The summed E-state index contributed by atoms with van der Waals surface area (Å²) in [5, 5.41) is 3.47. The Balaban J connectivity index is 1.68. The molecule has 1 amide bonds. The number of benzene rings is 1. The first-order chi connectivity index (χ1) is 13.8. The first kappa shape index (κ1) is 19.3. The Morgan fingerprint density at radius 1 is 1.10 bits per heavy atom. The average molecular weight is 390 g/mol. The second-order valence-corrected chi connectivity index (χ2v) is 8.07. The standard InChI is InChI=1S/C23H26N4O2/c1-13-9-14(2)20(15(3)10-13)26-22(28)16(4)27-12-24-21-18(23(27)29)11-17-7-5-6-8-19(17)25-21/h9-12,16H,5-8H2,1-4H3,(H,26,28)/t16-/m1/s1. The van der Waals surface area contributed by atoms with Gasteiger partial charge in [-0.2, -0.15) is 0 Å². The summed E-state index contributed by atoms with van der Waals surface area (Å²) in [5.41, 5.74) is 6.36. The predicted octanol–water partition coefficient (Wildman–Crippen LogP) is 3.80. The van der Waals surface area contributed by atoms with Crippen LogP contribution in [-0.4, -0.2) is 20.4 Å². The minimum absolute atomic E-state index is 0.226. The van der Waals surface area contributed by atoms with Crippen LogP contribution in [0.5, 0.6) is 0 Å². The highest BCUT2D eigenvalue weighted by Crippen LogP contribution is 2.24. The van der Waals surface area contributed by atoms with E-state index in [2.05, 4.69) is 15.3 Å². The molecule has 0 radical (unpaired) electrons. The molecule has 6 nitrogen and oxygen atoms in total. The van der Waals surface area contributed by atoms with E-state index in [1.165, 1.54) is 10.9 Å². The number of hydrogen-bond acceptors (Lipinski definition) is 4. The maximum Gasteiger partial charge on any atom is 0.263 e. The zero-order chi connectivity index (χ0) is 20.7. The van der Waals surface area contributed by atoms with Gasteiger partial charge >= 0.3 is 0 Å². The molecule has 1 aliphatic rings. The van der Waals surface area contributed by atoms with Crippen molar-refractivity contribution in [2.24, 2.45) is 0 Å². The predicted molar refractivity (Wildman–Crippen MR) is 114 cm³/mol. The third-order valence-corrected chi connectivity index (χ3v) is 5.77. The molecule has 2 heterocycles. The van der Waals surface area contributed by atoms with E-state index in [1.54, 1.807) is 6.92 Å². The van der Waals surface area contributed by atoms with Crippen molar-refractivity contribution in [3.63, 3.8) is 0 Å². The molecule has 0 aliphatic heterocycles. The van der Waals surface area contributed by atoms with Crippen molar-refractivity contribution in [2.45, 2.75) is 59.4 Å². The number of rotatable bonds is 3. The second-order valence-electron chi connectivity index (χ2n) is 8.07. The van der Waals surface area contributed by atoms with Crippen molar-refractivity contribution in [1.29, 1.82) is 0 Å². The summed E-state index contributed by atoms with van der Waals surface area (Å²) in [5.74, 6) is -0.241. The van der Waals surface area contributed by atoms with Crippen LogP contribution in [0.2, 0.25) is 0 Å². The Hall–Kier alpha value is -3.02. The summed E-state index contributed by atoms with van der Waals surface area (Å²) in [4.78, 5) is 35.0. The molecule has 1 aromatic carbocycles. The summed E-state index contributed by atoms with van der Waals surface area (Å²) >= 11 is 0. The molecule has 1 atom stereocenters. The maximum absolute atomic E-state index is 13.1. The summed E-state index contributed by atoms with van der Waals surface area (Å²) in [6.45, 7) is 7.69. The Morgan fingerprint density at radius 3 is 2.52 bits per heavy atom. The highest BCUT2D eigenvalue weighted by molar-refractivity contribution is 5.95. The Kier molecular flexibility index (Phi) is 4.94. The number of fused-ring (bicyclic) bond motifs is 2. The molecule has 0 spiro atoms. The normalized spacial score (nSPS) is 14.5. The van der Waals surface area contributed by atoms with E-state index >= 15 is 0 Å². The summed E-state index contributed by atoms with van der Waals surface area (Å²) < 4.78 is 1.40. The van der Waals surface area contributed by atoms with Gasteiger partial charge in [-0.1, -0.05) is 17.7 Å². The lowest BCUT2D eigenvalue weighted by molar-refractivity contribution is -0.118. The van der Waals surface area contributed by atoms with Gasteiger partial charge in [0.2, 0.25) is 5.91 Å². The van der Waals surface area contributed by atoms with Gasteiger partial charge in [0.25, 0.3) is 5.56 Å². The molecule has 6 heteroatoms. The third kappa shape index (κ3) is 3.55. The first-order valence-corrected chi connectivity index (χ1v) is 10.1. The van der Waals surface area contributed by atoms with Gasteiger partial charge in [-0.25, -0.2) is 9.97 Å². The lowest BCUT2D eigenvalue weighted by Gasteiger charge is -2.19. The van der Waals surface area contributed by atoms with Gasteiger partial charge in [-0.15, -0.1) is 0 Å². The molecule has 1 aliphatic carbocycles. The van der Waals surface area contributed by atoms with Crippen LogP contribution in [0.25, 0.3) is 11.0 Å². The van der Waals surface area contributed by atoms with Gasteiger partial charge in [0, 0.05) is 11.4 Å². The van der Waals surface area contributed by atoms with E-state index in [9.17, 15) is 9.59 Å². The van der Waals surface area contributed by atoms with E-state index in [-0.39, 0.29) is 11.5 Å². The number of carbonyl (C=O) groups excluding carboxylic acids is 1. The zero-order valence-corrected chi connectivity index (χ0v) is 17.4. The fourth-order valence-corrected chi connectivity index (χ4v) is 4.19. The molecule has 4 rings (SSSR count). The van der Waals surface area contributed by atoms with E-state index in [0.29, 0.717) is 11.0 Å². The van der Waals surface area contributed by atoms with E-state index in [4.69, 9.17) is 0 Å². The number of nitrogens with one attached hydrogen (secondary N) is 1. The molecule has 1 N–H and O–H groups in total. The smallest absolute Gasteiger partial charge is 0.263 e. The molecular formula is C23H26N4O2. The Labute approximate surface area is 170 Å². The lowest BCUT2D eigenvalue weighted by Crippen LogP contribution is -2.32. The zero-order valence-electron chi connectivity index (χ0n) is 17.4. The number of pyridine rings is 1. The lowest BCUT2D eigenvalue weighted by atomic mass is 9.95. The topological polar surface area (TPSA) is 76.9 Å². The number of nitrogens with zero attached hydrogens (tertiary/aromatic N) is 3. The van der Waals surface area contributed by atoms with Crippen molar-refractivity contribution >= 4 is 22.6 Å². The van der Waals surface area contributed by atoms with Gasteiger partial charge in [0.1, 0.15) is 12.4 Å². The summed E-state index contributed by atoms with van der Waals surface area (Å²) in [6.07, 6.45) is 5.55. The van der Waals surface area contributed by atoms with Gasteiger partial charge < -0.3 is 5.32 Å². The van der Waals surface area contributed by atoms with Crippen LogP contribution in [0.15, 0.2) is 29.3 Å². The highest BCUT2D eigenvalue weighted by atomic mass is 16.2. The van der Waals surface area contributed by atoms with Gasteiger partial charge in [-0.05, 0) is 76.1 Å². The van der Waals surface area contributed by atoms with Gasteiger partial charge in [0.05, 0.1) is 5.39 Å². The van der Waals surface area contributed by atoms with Gasteiger partial charge in [0.15, 0.2) is 5.65 Å². The fraction of sp³-hybridized carbons (Fsp3) is 0.391. The van der Waals surface area contributed by atoms with Crippen LogP contribution in [0.4, 0.5) is 5.69 Å². The number of aryl methyl sites for hydroxylation is 5. The van der Waals surface area contributed by atoms with Crippen molar-refractivity contribution < 1.29 is 4.79 Å². The third-order valence-electron chi connectivity index (χ3n) is 5.77. The molecule has 3 aromatic rings. The monoisotopic (exact) mass is 390 g/mol. The van der Waals surface area contributed by atoms with Crippen LogP contribution in [0.1, 0.15) is 53.8 Å². The maximum atomic E-state index is 13.1. The molecule has 0 unspecified atom stereocenters. The van der Waals surface area contributed by atoms with Crippen LogP contribution >= 0.6 is 0 Å². The Morgan fingerprint density at radius 2 is 1.79 bits per heavy atom. The minimum atomic E-state index is -0.685. The van der Waals surface area contributed by atoms with Crippen molar-refractivity contribution in [3.8, 4) is 0 Å².